The van der Waals surface area contributed by atoms with E-state index in [2.05, 4.69) is 20.5 Å². The smallest absolute Gasteiger partial charge is 0.304 e. The molecule has 2 rings (SSSR count). The van der Waals surface area contributed by atoms with Gasteiger partial charge < -0.3 is 16.0 Å². The summed E-state index contributed by atoms with van der Waals surface area (Å²) in [4.78, 5) is 24.7. The van der Waals surface area contributed by atoms with E-state index >= 15 is 0 Å². The largest absolute Gasteiger partial charge is 0.374 e. The number of anilines is 1. The molecule has 0 spiro atoms. The number of hydrogen-bond acceptors (Lipinski definition) is 7. The van der Waals surface area contributed by atoms with Crippen LogP contribution in [0.3, 0.4) is 0 Å². The Labute approximate surface area is 97.3 Å². The Hall–Kier alpha value is -1.74. The predicted octanol–water partition coefficient (Wildman–Crippen LogP) is -0.200. The number of nitrogen functional groups attached to an aromatic ring is 1. The molecule has 2 heterocycles. The first-order valence-electron chi connectivity index (χ1n) is 4.19. The van der Waals surface area contributed by atoms with Crippen LogP contribution in [0.1, 0.15) is 15.5 Å². The minimum atomic E-state index is -0.360. The average molecular weight is 257 g/mol. The molecule has 0 atom stereocenters. The number of nitrogens with zero attached hydrogens (tertiary/aromatic N) is 2. The molecule has 84 valence electrons. The summed E-state index contributed by atoms with van der Waals surface area (Å²) in [6.45, 7) is 0.247. The first-order chi connectivity index (χ1) is 7.65. The van der Waals surface area contributed by atoms with E-state index < -0.39 is 0 Å². The van der Waals surface area contributed by atoms with Crippen molar-refractivity contribution in [1.82, 2.24) is 20.5 Å². The number of carbonyl (C=O) groups excluding carboxylic acids is 1. The van der Waals surface area contributed by atoms with Gasteiger partial charge in [-0.05, 0) is 0 Å². The van der Waals surface area contributed by atoms with Gasteiger partial charge in [0, 0.05) is 11.1 Å². The van der Waals surface area contributed by atoms with Crippen LogP contribution in [0, 0.1) is 0 Å². The van der Waals surface area contributed by atoms with Crippen LogP contribution in [0.15, 0.2) is 10.2 Å². The lowest BCUT2D eigenvalue weighted by atomic mass is 10.5. The quantitative estimate of drug-likeness (QED) is 0.704. The van der Waals surface area contributed by atoms with E-state index in [0.717, 1.165) is 22.7 Å². The highest BCUT2D eigenvalue weighted by Crippen LogP contribution is 2.10. The SMILES string of the molecule is Nc1nnc(C(=O)NCc2csc(=O)[nH]2)s1. The van der Waals surface area contributed by atoms with Gasteiger partial charge in [0.25, 0.3) is 5.91 Å². The van der Waals surface area contributed by atoms with Crippen molar-refractivity contribution >= 4 is 33.7 Å². The van der Waals surface area contributed by atoms with Crippen LogP contribution in [0.2, 0.25) is 0 Å². The summed E-state index contributed by atoms with van der Waals surface area (Å²) < 4.78 is 0. The van der Waals surface area contributed by atoms with Gasteiger partial charge >= 0.3 is 4.87 Å². The second-order valence-corrected chi connectivity index (χ2v) is 4.65. The van der Waals surface area contributed by atoms with Crippen LogP contribution >= 0.6 is 22.7 Å². The first-order valence-corrected chi connectivity index (χ1v) is 5.88. The van der Waals surface area contributed by atoms with Crippen LogP contribution in [0.25, 0.3) is 0 Å². The Kier molecular flexibility index (Phi) is 2.97. The fraction of sp³-hybridized carbons (Fsp3) is 0.143. The summed E-state index contributed by atoms with van der Waals surface area (Å²) >= 11 is 2.06. The lowest BCUT2D eigenvalue weighted by Crippen LogP contribution is -2.23. The lowest BCUT2D eigenvalue weighted by molar-refractivity contribution is 0.0949. The molecule has 1 amide bonds. The van der Waals surface area contributed by atoms with Crippen molar-refractivity contribution in [3.05, 3.63) is 25.7 Å². The second kappa shape index (κ2) is 4.41. The number of nitrogens with one attached hydrogen (secondary N) is 2. The van der Waals surface area contributed by atoms with Crippen molar-refractivity contribution in [2.45, 2.75) is 6.54 Å². The van der Waals surface area contributed by atoms with E-state index in [-0.39, 0.29) is 27.5 Å². The Morgan fingerprint density at radius 3 is 2.94 bits per heavy atom. The normalized spacial score (nSPS) is 10.2. The minimum Gasteiger partial charge on any atom is -0.374 e. The van der Waals surface area contributed by atoms with Crippen LogP contribution in [0.4, 0.5) is 5.13 Å². The number of aromatic amines is 1. The van der Waals surface area contributed by atoms with Crippen LogP contribution in [-0.4, -0.2) is 21.1 Å². The molecule has 0 fully saturated rings. The topological polar surface area (TPSA) is 114 Å². The van der Waals surface area contributed by atoms with Gasteiger partial charge in [0.2, 0.25) is 10.1 Å². The number of amides is 1. The molecule has 0 unspecified atom stereocenters. The molecule has 0 bridgehead atoms. The number of thiazole rings is 1. The molecule has 4 N–H and O–H groups in total. The first kappa shape index (κ1) is 10.8. The van der Waals surface area contributed by atoms with Crippen molar-refractivity contribution in [2.24, 2.45) is 0 Å². The number of carbonyl (C=O) groups is 1. The highest BCUT2D eigenvalue weighted by atomic mass is 32.1. The van der Waals surface area contributed by atoms with Crippen molar-refractivity contribution in [2.75, 3.05) is 5.73 Å². The molecule has 2 aromatic heterocycles. The van der Waals surface area contributed by atoms with Gasteiger partial charge in [0.1, 0.15) is 0 Å². The third-order valence-corrected chi connectivity index (χ3v) is 3.11. The van der Waals surface area contributed by atoms with Crippen LogP contribution in [-0.2, 0) is 6.54 Å². The van der Waals surface area contributed by atoms with E-state index in [1.807, 2.05) is 0 Å². The number of hydrogen-bond donors (Lipinski definition) is 3. The maximum absolute atomic E-state index is 11.5. The predicted molar refractivity (Wildman–Crippen MR) is 60.4 cm³/mol. The van der Waals surface area contributed by atoms with E-state index in [9.17, 15) is 9.59 Å². The van der Waals surface area contributed by atoms with E-state index in [4.69, 9.17) is 5.73 Å². The molecular weight excluding hydrogens is 250 g/mol. The summed E-state index contributed by atoms with van der Waals surface area (Å²) in [5.74, 6) is -0.360. The summed E-state index contributed by atoms with van der Waals surface area (Å²) in [6.07, 6.45) is 0. The zero-order chi connectivity index (χ0) is 11.5. The zero-order valence-corrected chi connectivity index (χ0v) is 9.52. The van der Waals surface area contributed by atoms with Crippen molar-refractivity contribution in [3.63, 3.8) is 0 Å². The molecule has 0 saturated carbocycles. The molecular formula is C7H7N5O2S2. The maximum atomic E-state index is 11.5. The van der Waals surface area contributed by atoms with Crippen molar-refractivity contribution in [1.29, 1.82) is 0 Å². The highest BCUT2D eigenvalue weighted by molar-refractivity contribution is 7.16. The van der Waals surface area contributed by atoms with Crippen LogP contribution < -0.4 is 15.9 Å². The molecule has 0 aliphatic rings. The third kappa shape index (κ3) is 2.44. The molecule has 2 aromatic rings. The fourth-order valence-electron chi connectivity index (χ4n) is 0.978. The zero-order valence-electron chi connectivity index (χ0n) is 7.89. The molecule has 7 nitrogen and oxygen atoms in total. The lowest BCUT2D eigenvalue weighted by Gasteiger charge is -1.98. The van der Waals surface area contributed by atoms with E-state index in [1.165, 1.54) is 0 Å². The van der Waals surface area contributed by atoms with E-state index in [1.54, 1.807) is 5.38 Å². The van der Waals surface area contributed by atoms with Gasteiger partial charge in [-0.3, -0.25) is 9.59 Å². The van der Waals surface area contributed by atoms with Gasteiger partial charge in [0.15, 0.2) is 0 Å². The summed E-state index contributed by atoms with van der Waals surface area (Å²) in [6, 6.07) is 0. The summed E-state index contributed by atoms with van der Waals surface area (Å²) in [5.41, 5.74) is 6.00. The molecule has 0 saturated heterocycles. The monoisotopic (exact) mass is 257 g/mol. The Morgan fingerprint density at radius 1 is 1.56 bits per heavy atom. The third-order valence-electron chi connectivity index (χ3n) is 1.65. The second-order valence-electron chi connectivity index (χ2n) is 2.80. The van der Waals surface area contributed by atoms with Gasteiger partial charge in [-0.1, -0.05) is 22.7 Å². The van der Waals surface area contributed by atoms with Gasteiger partial charge in [-0.25, -0.2) is 0 Å². The Balaban J connectivity index is 1.96. The standard InChI is InChI=1S/C7H7N5O2S2/c8-6-12-11-5(16-6)4(13)9-1-3-2-15-7(14)10-3/h2H,1H2,(H2,8,12)(H,9,13)(H,10,14). The Bertz CT molecular complexity index is 557. The molecule has 0 aliphatic heterocycles. The number of aromatic nitrogens is 3. The van der Waals surface area contributed by atoms with E-state index in [0.29, 0.717) is 5.69 Å². The number of H-pyrrole nitrogens is 1. The van der Waals surface area contributed by atoms with Crippen molar-refractivity contribution < 1.29 is 4.79 Å². The molecule has 0 radical (unpaired) electrons. The number of nitrogens with two attached hydrogens (primary N) is 1. The molecule has 16 heavy (non-hydrogen) atoms. The highest BCUT2D eigenvalue weighted by Gasteiger charge is 2.11. The minimum absolute atomic E-state index is 0.149. The molecule has 0 aliphatic carbocycles. The Morgan fingerprint density at radius 2 is 2.38 bits per heavy atom. The van der Waals surface area contributed by atoms with Crippen molar-refractivity contribution in [3.8, 4) is 0 Å². The van der Waals surface area contributed by atoms with Gasteiger partial charge in [0.05, 0.1) is 6.54 Å². The molecule has 9 heteroatoms. The maximum Gasteiger partial charge on any atom is 0.304 e. The fourth-order valence-corrected chi connectivity index (χ4v) is 2.09. The average Bonchev–Trinajstić information content (AvgIpc) is 2.84. The summed E-state index contributed by atoms with van der Waals surface area (Å²) in [5, 5.41) is 11.8. The summed E-state index contributed by atoms with van der Waals surface area (Å²) in [7, 11) is 0. The molecule has 0 aromatic carbocycles. The van der Waals surface area contributed by atoms with Gasteiger partial charge in [-0.15, -0.1) is 10.2 Å². The van der Waals surface area contributed by atoms with Gasteiger partial charge in [-0.2, -0.15) is 0 Å². The van der Waals surface area contributed by atoms with Crippen LogP contribution in [0.5, 0.6) is 0 Å². The number of rotatable bonds is 3.